The number of amides is 1. The van der Waals surface area contributed by atoms with Crippen molar-refractivity contribution >= 4 is 5.91 Å². The first-order valence-electron chi connectivity index (χ1n) is 8.27. The number of carbonyl (C=O) groups is 1. The summed E-state index contributed by atoms with van der Waals surface area (Å²) in [6.45, 7) is 6.58. The standard InChI is InChI=1S/C16H26N4O4/c1-12-6-13(18-24-12)7-20-10-16(11-20)9-19(2)14(8-23-16)15(21)17-4-5-22-3/h6,14H,4-5,7-11H2,1-3H3,(H,17,21). The number of methoxy groups -OCH3 is 1. The van der Waals surface area contributed by atoms with E-state index < -0.39 is 0 Å². The predicted molar refractivity (Wildman–Crippen MR) is 86.5 cm³/mol. The number of nitrogens with zero attached hydrogens (tertiary/aromatic N) is 3. The lowest BCUT2D eigenvalue weighted by Gasteiger charge is -2.54. The highest BCUT2D eigenvalue weighted by Gasteiger charge is 2.49. The Kier molecular flexibility index (Phi) is 5.19. The number of nitrogens with one attached hydrogen (secondary N) is 1. The normalized spacial score (nSPS) is 24.0. The molecule has 0 aromatic carbocycles. The molecule has 1 spiro atoms. The van der Waals surface area contributed by atoms with Gasteiger partial charge in [0.05, 0.1) is 18.9 Å². The molecule has 0 aliphatic carbocycles. The van der Waals surface area contributed by atoms with Gasteiger partial charge in [-0.15, -0.1) is 0 Å². The molecule has 8 nitrogen and oxygen atoms in total. The van der Waals surface area contributed by atoms with Gasteiger partial charge in [-0.2, -0.15) is 0 Å². The number of carbonyl (C=O) groups excluding carboxylic acids is 1. The maximum Gasteiger partial charge on any atom is 0.239 e. The first kappa shape index (κ1) is 17.3. The number of aryl methyl sites for hydroxylation is 1. The van der Waals surface area contributed by atoms with Crippen molar-refractivity contribution in [3.63, 3.8) is 0 Å². The maximum absolute atomic E-state index is 12.2. The van der Waals surface area contributed by atoms with Crippen LogP contribution in [-0.2, 0) is 20.8 Å². The molecule has 1 unspecified atom stereocenters. The molecule has 8 heteroatoms. The van der Waals surface area contributed by atoms with Crippen LogP contribution in [0.25, 0.3) is 0 Å². The Balaban J connectivity index is 1.45. The van der Waals surface area contributed by atoms with Crippen molar-refractivity contribution in [1.29, 1.82) is 0 Å². The van der Waals surface area contributed by atoms with Crippen LogP contribution in [0.15, 0.2) is 10.6 Å². The zero-order valence-electron chi connectivity index (χ0n) is 14.6. The van der Waals surface area contributed by atoms with E-state index in [2.05, 4.69) is 20.3 Å². The average molecular weight is 338 g/mol. The topological polar surface area (TPSA) is 80.1 Å². The van der Waals surface area contributed by atoms with E-state index in [0.717, 1.165) is 37.6 Å². The van der Waals surface area contributed by atoms with Gasteiger partial charge in [-0.3, -0.25) is 14.6 Å². The Morgan fingerprint density at radius 1 is 1.50 bits per heavy atom. The summed E-state index contributed by atoms with van der Waals surface area (Å²) in [7, 11) is 3.60. The van der Waals surface area contributed by atoms with E-state index in [1.165, 1.54) is 0 Å². The molecule has 2 aliphatic heterocycles. The van der Waals surface area contributed by atoms with Crippen molar-refractivity contribution in [3.8, 4) is 0 Å². The van der Waals surface area contributed by atoms with E-state index in [9.17, 15) is 4.79 Å². The van der Waals surface area contributed by atoms with E-state index in [1.807, 2.05) is 20.0 Å². The molecule has 134 valence electrons. The van der Waals surface area contributed by atoms with Gasteiger partial charge in [-0.1, -0.05) is 5.16 Å². The summed E-state index contributed by atoms with van der Waals surface area (Å²) in [4.78, 5) is 16.6. The number of rotatable bonds is 6. The van der Waals surface area contributed by atoms with Gasteiger partial charge in [-0.05, 0) is 14.0 Å². The van der Waals surface area contributed by atoms with Crippen LogP contribution in [0.3, 0.4) is 0 Å². The van der Waals surface area contributed by atoms with E-state index in [4.69, 9.17) is 14.0 Å². The number of likely N-dealkylation sites (tertiary alicyclic amines) is 1. The van der Waals surface area contributed by atoms with Crippen LogP contribution < -0.4 is 5.32 Å². The third-order valence-electron chi connectivity index (χ3n) is 4.61. The zero-order chi connectivity index (χ0) is 17.2. The number of likely N-dealkylation sites (N-methyl/N-ethyl adjacent to an activating group) is 1. The number of ether oxygens (including phenoxy) is 2. The van der Waals surface area contributed by atoms with E-state index in [-0.39, 0.29) is 17.6 Å². The van der Waals surface area contributed by atoms with Gasteiger partial charge in [0.1, 0.15) is 17.4 Å². The van der Waals surface area contributed by atoms with Crippen LogP contribution in [0.4, 0.5) is 0 Å². The second-order valence-corrected chi connectivity index (χ2v) is 6.78. The Morgan fingerprint density at radius 3 is 2.92 bits per heavy atom. The Morgan fingerprint density at radius 2 is 2.29 bits per heavy atom. The molecular weight excluding hydrogens is 312 g/mol. The third-order valence-corrected chi connectivity index (χ3v) is 4.61. The number of hydrogen-bond acceptors (Lipinski definition) is 7. The third kappa shape index (κ3) is 3.77. The van der Waals surface area contributed by atoms with Crippen molar-refractivity contribution in [3.05, 3.63) is 17.5 Å². The van der Waals surface area contributed by atoms with E-state index in [1.54, 1.807) is 7.11 Å². The lowest BCUT2D eigenvalue weighted by Crippen LogP contribution is -2.72. The molecule has 2 fully saturated rings. The van der Waals surface area contributed by atoms with Crippen LogP contribution in [0, 0.1) is 6.92 Å². The van der Waals surface area contributed by atoms with Crippen LogP contribution in [0.1, 0.15) is 11.5 Å². The fraction of sp³-hybridized carbons (Fsp3) is 0.750. The summed E-state index contributed by atoms with van der Waals surface area (Å²) in [6, 6.07) is 1.72. The SMILES string of the molecule is COCCNC(=O)C1COC2(CN(Cc3cc(C)on3)C2)CN1C. The van der Waals surface area contributed by atoms with Crippen molar-refractivity contribution in [1.82, 2.24) is 20.3 Å². The Hall–Kier alpha value is -1.48. The molecule has 0 bridgehead atoms. The molecule has 1 N–H and O–H groups in total. The van der Waals surface area contributed by atoms with Crippen LogP contribution >= 0.6 is 0 Å². The minimum atomic E-state index is -0.236. The van der Waals surface area contributed by atoms with Crippen LogP contribution in [0.5, 0.6) is 0 Å². The monoisotopic (exact) mass is 338 g/mol. The molecule has 2 saturated heterocycles. The molecule has 1 amide bonds. The van der Waals surface area contributed by atoms with Crippen LogP contribution in [0.2, 0.25) is 0 Å². The van der Waals surface area contributed by atoms with E-state index >= 15 is 0 Å². The van der Waals surface area contributed by atoms with Gasteiger partial charge in [0, 0.05) is 45.9 Å². The smallest absolute Gasteiger partial charge is 0.239 e. The lowest BCUT2D eigenvalue weighted by molar-refractivity contribution is -0.199. The average Bonchev–Trinajstić information content (AvgIpc) is 2.91. The Bertz CT molecular complexity index is 570. The van der Waals surface area contributed by atoms with Gasteiger partial charge in [-0.25, -0.2) is 0 Å². The summed E-state index contributed by atoms with van der Waals surface area (Å²) < 4.78 is 16.1. The second kappa shape index (κ2) is 7.18. The highest BCUT2D eigenvalue weighted by molar-refractivity contribution is 5.82. The minimum Gasteiger partial charge on any atom is -0.383 e. The van der Waals surface area contributed by atoms with Gasteiger partial charge >= 0.3 is 0 Å². The summed E-state index contributed by atoms with van der Waals surface area (Å²) in [5, 5.41) is 6.90. The minimum absolute atomic E-state index is 0.00125. The first-order chi connectivity index (χ1) is 11.5. The maximum atomic E-state index is 12.2. The summed E-state index contributed by atoms with van der Waals surface area (Å²) in [6.07, 6.45) is 0. The van der Waals surface area contributed by atoms with Gasteiger partial charge in [0.15, 0.2) is 0 Å². The highest BCUT2D eigenvalue weighted by Crippen LogP contribution is 2.31. The Labute approximate surface area is 142 Å². The van der Waals surface area contributed by atoms with E-state index in [0.29, 0.717) is 19.8 Å². The molecule has 1 atom stereocenters. The fourth-order valence-corrected chi connectivity index (χ4v) is 3.46. The lowest BCUT2D eigenvalue weighted by atomic mass is 9.90. The number of aromatic nitrogens is 1. The van der Waals surface area contributed by atoms with Gasteiger partial charge in [0.25, 0.3) is 0 Å². The molecule has 1 aromatic rings. The molecule has 3 heterocycles. The number of morpholine rings is 1. The number of hydrogen-bond donors (Lipinski definition) is 1. The summed E-state index contributed by atoms with van der Waals surface area (Å²) in [5.41, 5.74) is 0.776. The van der Waals surface area contributed by atoms with Crippen molar-refractivity contribution < 1.29 is 18.8 Å². The quantitative estimate of drug-likeness (QED) is 0.709. The largest absolute Gasteiger partial charge is 0.383 e. The summed E-state index contributed by atoms with van der Waals surface area (Å²) >= 11 is 0. The highest BCUT2D eigenvalue weighted by atomic mass is 16.5. The van der Waals surface area contributed by atoms with Crippen LogP contribution in [-0.4, -0.2) is 86.1 Å². The van der Waals surface area contributed by atoms with Gasteiger partial charge < -0.3 is 19.3 Å². The molecule has 24 heavy (non-hydrogen) atoms. The predicted octanol–water partition coefficient (Wildman–Crippen LogP) is -0.369. The summed E-state index contributed by atoms with van der Waals surface area (Å²) in [5.74, 6) is 0.829. The van der Waals surface area contributed by atoms with Crippen molar-refractivity contribution in [2.24, 2.45) is 0 Å². The second-order valence-electron chi connectivity index (χ2n) is 6.78. The van der Waals surface area contributed by atoms with Gasteiger partial charge in [0.2, 0.25) is 5.91 Å². The molecule has 1 aromatic heterocycles. The molecule has 0 saturated carbocycles. The first-order valence-corrected chi connectivity index (χ1v) is 8.27. The fourth-order valence-electron chi connectivity index (χ4n) is 3.46. The molecular formula is C16H26N4O4. The molecule has 3 rings (SSSR count). The zero-order valence-corrected chi connectivity index (χ0v) is 14.6. The van der Waals surface area contributed by atoms with Crippen molar-refractivity contribution in [2.45, 2.75) is 25.1 Å². The molecule has 2 aliphatic rings. The molecule has 0 radical (unpaired) electrons. The van der Waals surface area contributed by atoms with Crippen molar-refractivity contribution in [2.75, 3.05) is 53.6 Å².